The molecule has 0 saturated carbocycles. The van der Waals surface area contributed by atoms with Crippen molar-refractivity contribution >= 4 is 0 Å². The molecule has 17 heavy (non-hydrogen) atoms. The van der Waals surface area contributed by atoms with E-state index in [2.05, 4.69) is 5.10 Å². The Hall–Kier alpha value is -1.84. The molecular formula is C13H15FN2O. The van der Waals surface area contributed by atoms with Gasteiger partial charge in [0.05, 0.1) is 5.69 Å². The van der Waals surface area contributed by atoms with Crippen molar-refractivity contribution in [3.63, 3.8) is 0 Å². The molecule has 1 heterocycles. The molecule has 0 amide bonds. The standard InChI is InChI=1S/C13H15FN2O/c1-8(2)16-9(3)13(17)12(15-16)10-6-4-5-7-11(10)14/h4-8,17H,1-3H3. The molecule has 3 nitrogen and oxygen atoms in total. The van der Waals surface area contributed by atoms with Crippen LogP contribution in [0.3, 0.4) is 0 Å². The number of nitrogens with zero attached hydrogens (tertiary/aromatic N) is 2. The zero-order chi connectivity index (χ0) is 12.6. The summed E-state index contributed by atoms with van der Waals surface area (Å²) in [6.45, 7) is 5.70. The van der Waals surface area contributed by atoms with Gasteiger partial charge in [0, 0.05) is 11.6 Å². The summed E-state index contributed by atoms with van der Waals surface area (Å²) in [5, 5.41) is 14.3. The second kappa shape index (κ2) is 4.20. The van der Waals surface area contributed by atoms with Gasteiger partial charge < -0.3 is 5.11 Å². The van der Waals surface area contributed by atoms with Crippen LogP contribution in [0.25, 0.3) is 11.3 Å². The Morgan fingerprint density at radius 3 is 2.47 bits per heavy atom. The first kappa shape index (κ1) is 11.6. The number of aromatic hydroxyl groups is 1. The van der Waals surface area contributed by atoms with E-state index in [1.54, 1.807) is 29.8 Å². The van der Waals surface area contributed by atoms with Crippen molar-refractivity contribution in [3.05, 3.63) is 35.8 Å². The van der Waals surface area contributed by atoms with E-state index in [1.807, 2.05) is 13.8 Å². The minimum absolute atomic E-state index is 0.0452. The fourth-order valence-corrected chi connectivity index (χ4v) is 1.85. The van der Waals surface area contributed by atoms with Crippen LogP contribution in [0.1, 0.15) is 25.6 Å². The number of halogens is 1. The Kier molecular flexibility index (Phi) is 2.88. The number of aromatic nitrogens is 2. The topological polar surface area (TPSA) is 38.1 Å². The molecule has 0 unspecified atom stereocenters. The third-order valence-corrected chi connectivity index (χ3v) is 2.74. The lowest BCUT2D eigenvalue weighted by molar-refractivity contribution is 0.461. The number of rotatable bonds is 2. The lowest BCUT2D eigenvalue weighted by Crippen LogP contribution is -2.04. The molecular weight excluding hydrogens is 219 g/mol. The molecule has 0 radical (unpaired) electrons. The van der Waals surface area contributed by atoms with Crippen molar-refractivity contribution in [2.45, 2.75) is 26.8 Å². The Morgan fingerprint density at radius 1 is 1.29 bits per heavy atom. The molecule has 0 bridgehead atoms. The smallest absolute Gasteiger partial charge is 0.164 e. The molecule has 0 fully saturated rings. The van der Waals surface area contributed by atoms with Crippen LogP contribution in [-0.4, -0.2) is 14.9 Å². The van der Waals surface area contributed by atoms with Gasteiger partial charge in [-0.2, -0.15) is 5.10 Å². The lowest BCUT2D eigenvalue weighted by Gasteiger charge is -2.06. The second-order valence-electron chi connectivity index (χ2n) is 4.30. The zero-order valence-electron chi connectivity index (χ0n) is 10.1. The zero-order valence-corrected chi connectivity index (χ0v) is 10.1. The minimum Gasteiger partial charge on any atom is -0.504 e. The molecule has 90 valence electrons. The van der Waals surface area contributed by atoms with Crippen molar-refractivity contribution < 1.29 is 9.50 Å². The van der Waals surface area contributed by atoms with Gasteiger partial charge in [-0.15, -0.1) is 0 Å². The van der Waals surface area contributed by atoms with E-state index < -0.39 is 0 Å². The first-order valence-electron chi connectivity index (χ1n) is 5.55. The van der Waals surface area contributed by atoms with Crippen LogP contribution >= 0.6 is 0 Å². The molecule has 0 spiro atoms. The second-order valence-corrected chi connectivity index (χ2v) is 4.30. The summed E-state index contributed by atoms with van der Waals surface area (Å²) in [4.78, 5) is 0. The van der Waals surface area contributed by atoms with Crippen molar-refractivity contribution in [2.24, 2.45) is 0 Å². The van der Waals surface area contributed by atoms with Crippen molar-refractivity contribution in [3.8, 4) is 17.0 Å². The first-order chi connectivity index (χ1) is 8.02. The minimum atomic E-state index is -0.379. The highest BCUT2D eigenvalue weighted by atomic mass is 19.1. The van der Waals surface area contributed by atoms with E-state index in [0.717, 1.165) is 0 Å². The van der Waals surface area contributed by atoms with Gasteiger partial charge in [0.15, 0.2) is 5.75 Å². The monoisotopic (exact) mass is 234 g/mol. The van der Waals surface area contributed by atoms with Gasteiger partial charge in [-0.05, 0) is 32.9 Å². The molecule has 0 aliphatic heterocycles. The van der Waals surface area contributed by atoms with Crippen LogP contribution in [0.15, 0.2) is 24.3 Å². The predicted octanol–water partition coefficient (Wildman–Crippen LogP) is 3.28. The summed E-state index contributed by atoms with van der Waals surface area (Å²) in [5.74, 6) is -0.333. The normalized spacial score (nSPS) is 11.1. The Bertz CT molecular complexity index is 546. The van der Waals surface area contributed by atoms with E-state index >= 15 is 0 Å². The number of hydrogen-bond acceptors (Lipinski definition) is 2. The maximum atomic E-state index is 13.6. The van der Waals surface area contributed by atoms with Gasteiger partial charge in [0.25, 0.3) is 0 Å². The fourth-order valence-electron chi connectivity index (χ4n) is 1.85. The summed E-state index contributed by atoms with van der Waals surface area (Å²) < 4.78 is 15.3. The molecule has 2 aromatic rings. The van der Waals surface area contributed by atoms with Crippen molar-refractivity contribution in [1.29, 1.82) is 0 Å². The molecule has 4 heteroatoms. The molecule has 0 aliphatic rings. The summed E-state index contributed by atoms with van der Waals surface area (Å²) in [7, 11) is 0. The fraction of sp³-hybridized carbons (Fsp3) is 0.308. The molecule has 1 aromatic carbocycles. The number of benzene rings is 1. The van der Waals surface area contributed by atoms with Gasteiger partial charge in [-0.1, -0.05) is 12.1 Å². The van der Waals surface area contributed by atoms with Gasteiger partial charge in [-0.3, -0.25) is 4.68 Å². The summed E-state index contributed by atoms with van der Waals surface area (Å²) in [6.07, 6.45) is 0. The van der Waals surface area contributed by atoms with E-state index in [-0.39, 0.29) is 17.6 Å². The number of hydrogen-bond donors (Lipinski definition) is 1. The third-order valence-electron chi connectivity index (χ3n) is 2.74. The van der Waals surface area contributed by atoms with Crippen LogP contribution in [0.5, 0.6) is 5.75 Å². The largest absolute Gasteiger partial charge is 0.504 e. The third kappa shape index (κ3) is 1.90. The molecule has 0 saturated heterocycles. The predicted molar refractivity (Wildman–Crippen MR) is 64.4 cm³/mol. The van der Waals surface area contributed by atoms with E-state index in [1.165, 1.54) is 6.07 Å². The highest BCUT2D eigenvalue weighted by Gasteiger charge is 2.18. The first-order valence-corrected chi connectivity index (χ1v) is 5.55. The highest BCUT2D eigenvalue weighted by molar-refractivity contribution is 5.67. The van der Waals surface area contributed by atoms with Crippen LogP contribution < -0.4 is 0 Å². The Labute approximate surface area is 99.5 Å². The van der Waals surface area contributed by atoms with Gasteiger partial charge in [0.2, 0.25) is 0 Å². The van der Waals surface area contributed by atoms with Crippen LogP contribution in [-0.2, 0) is 0 Å². The highest BCUT2D eigenvalue weighted by Crippen LogP contribution is 2.33. The Morgan fingerprint density at radius 2 is 1.94 bits per heavy atom. The Balaban J connectivity index is 2.61. The van der Waals surface area contributed by atoms with Gasteiger partial charge in [0.1, 0.15) is 11.5 Å². The lowest BCUT2D eigenvalue weighted by atomic mass is 10.1. The van der Waals surface area contributed by atoms with E-state index in [9.17, 15) is 9.50 Å². The summed E-state index contributed by atoms with van der Waals surface area (Å²) in [6, 6.07) is 6.44. The molecule has 0 aliphatic carbocycles. The summed E-state index contributed by atoms with van der Waals surface area (Å²) in [5.41, 5.74) is 1.28. The maximum Gasteiger partial charge on any atom is 0.164 e. The molecule has 1 N–H and O–H groups in total. The molecule has 0 atom stereocenters. The van der Waals surface area contributed by atoms with Crippen molar-refractivity contribution in [1.82, 2.24) is 9.78 Å². The average molecular weight is 234 g/mol. The average Bonchev–Trinajstić information content (AvgIpc) is 2.57. The SMILES string of the molecule is Cc1c(O)c(-c2ccccc2F)nn1C(C)C. The van der Waals surface area contributed by atoms with Crippen LogP contribution in [0, 0.1) is 12.7 Å². The molecule has 2 rings (SSSR count). The maximum absolute atomic E-state index is 13.6. The van der Waals surface area contributed by atoms with Crippen LogP contribution in [0.2, 0.25) is 0 Å². The molecule has 1 aromatic heterocycles. The van der Waals surface area contributed by atoms with Crippen molar-refractivity contribution in [2.75, 3.05) is 0 Å². The van der Waals surface area contributed by atoms with E-state index in [4.69, 9.17) is 0 Å². The van der Waals surface area contributed by atoms with E-state index in [0.29, 0.717) is 17.0 Å². The van der Waals surface area contributed by atoms with Crippen LogP contribution in [0.4, 0.5) is 4.39 Å². The van der Waals surface area contributed by atoms with Gasteiger partial charge in [-0.25, -0.2) is 4.39 Å². The summed E-state index contributed by atoms with van der Waals surface area (Å²) >= 11 is 0. The quantitative estimate of drug-likeness (QED) is 0.865. The van der Waals surface area contributed by atoms with Gasteiger partial charge >= 0.3 is 0 Å².